The molecule has 0 radical (unpaired) electrons. The van der Waals surface area contributed by atoms with Gasteiger partial charge in [-0.05, 0) is 20.8 Å². The van der Waals surface area contributed by atoms with Crippen molar-refractivity contribution in [1.29, 1.82) is 0 Å². The maximum atomic E-state index is 11.3. The van der Waals surface area contributed by atoms with Crippen molar-refractivity contribution in [2.75, 3.05) is 19.6 Å². The van der Waals surface area contributed by atoms with Gasteiger partial charge in [0.2, 0.25) is 5.91 Å². The first-order valence-corrected chi connectivity index (χ1v) is 5.50. The summed E-state index contributed by atoms with van der Waals surface area (Å²) in [5.74, 6) is 0.449. The SMILES string of the molecule is CC(=O)N1CC(CNC(=O)OC(C)(C)C)C1. The number of likely N-dealkylation sites (tertiary alicyclic amines) is 1. The fourth-order valence-corrected chi connectivity index (χ4v) is 1.50. The molecule has 0 atom stereocenters. The summed E-state index contributed by atoms with van der Waals surface area (Å²) in [4.78, 5) is 24.0. The van der Waals surface area contributed by atoms with Crippen molar-refractivity contribution in [3.8, 4) is 0 Å². The second-order valence-electron chi connectivity index (χ2n) is 5.17. The van der Waals surface area contributed by atoms with Gasteiger partial charge in [-0.2, -0.15) is 0 Å². The number of amides is 2. The van der Waals surface area contributed by atoms with E-state index >= 15 is 0 Å². The van der Waals surface area contributed by atoms with Crippen molar-refractivity contribution in [2.45, 2.75) is 33.3 Å². The van der Waals surface area contributed by atoms with Crippen LogP contribution in [0.2, 0.25) is 0 Å². The number of nitrogens with zero attached hydrogens (tertiary/aromatic N) is 1. The van der Waals surface area contributed by atoms with Crippen LogP contribution in [-0.2, 0) is 9.53 Å². The summed E-state index contributed by atoms with van der Waals surface area (Å²) in [5.41, 5.74) is -0.463. The van der Waals surface area contributed by atoms with Gasteiger partial charge in [-0.3, -0.25) is 4.79 Å². The molecule has 1 heterocycles. The Morgan fingerprint density at radius 1 is 1.38 bits per heavy atom. The van der Waals surface area contributed by atoms with Gasteiger partial charge in [0, 0.05) is 32.5 Å². The highest BCUT2D eigenvalue weighted by atomic mass is 16.6. The highest BCUT2D eigenvalue weighted by Crippen LogP contribution is 2.14. The Morgan fingerprint density at radius 2 is 1.94 bits per heavy atom. The second kappa shape index (κ2) is 4.72. The Balaban J connectivity index is 2.13. The van der Waals surface area contributed by atoms with Crippen molar-refractivity contribution in [2.24, 2.45) is 5.92 Å². The first kappa shape index (κ1) is 12.8. The van der Waals surface area contributed by atoms with Crippen molar-refractivity contribution >= 4 is 12.0 Å². The first-order chi connectivity index (χ1) is 7.28. The van der Waals surface area contributed by atoms with Gasteiger partial charge in [0.15, 0.2) is 0 Å². The number of nitrogens with one attached hydrogen (secondary N) is 1. The summed E-state index contributed by atoms with van der Waals surface area (Å²) < 4.78 is 5.10. The van der Waals surface area contributed by atoms with Gasteiger partial charge in [-0.1, -0.05) is 0 Å². The molecule has 1 N–H and O–H groups in total. The fourth-order valence-electron chi connectivity index (χ4n) is 1.50. The van der Waals surface area contributed by atoms with Crippen molar-refractivity contribution in [1.82, 2.24) is 10.2 Å². The van der Waals surface area contributed by atoms with Crippen LogP contribution in [-0.4, -0.2) is 42.1 Å². The molecule has 0 bridgehead atoms. The average Bonchev–Trinajstić information content (AvgIpc) is 1.96. The Hall–Kier alpha value is -1.26. The van der Waals surface area contributed by atoms with Crippen LogP contribution in [0, 0.1) is 5.92 Å². The number of hydrogen-bond acceptors (Lipinski definition) is 3. The lowest BCUT2D eigenvalue weighted by Crippen LogP contribution is -2.53. The number of rotatable bonds is 2. The molecule has 92 valence electrons. The van der Waals surface area contributed by atoms with E-state index in [1.54, 1.807) is 11.8 Å². The predicted molar refractivity (Wildman–Crippen MR) is 60.0 cm³/mol. The quantitative estimate of drug-likeness (QED) is 0.766. The standard InChI is InChI=1S/C11H20N2O3/c1-8(14)13-6-9(7-13)5-12-10(15)16-11(2,3)4/h9H,5-7H2,1-4H3,(H,12,15). The smallest absolute Gasteiger partial charge is 0.407 e. The zero-order valence-electron chi connectivity index (χ0n) is 10.4. The molecule has 1 aliphatic heterocycles. The van der Waals surface area contributed by atoms with Crippen LogP contribution in [0.1, 0.15) is 27.7 Å². The highest BCUT2D eigenvalue weighted by molar-refractivity contribution is 5.74. The Morgan fingerprint density at radius 3 is 2.38 bits per heavy atom. The van der Waals surface area contributed by atoms with Gasteiger partial charge < -0.3 is 15.0 Å². The van der Waals surface area contributed by atoms with Crippen molar-refractivity contribution in [3.05, 3.63) is 0 Å². The van der Waals surface area contributed by atoms with E-state index in [9.17, 15) is 9.59 Å². The van der Waals surface area contributed by atoms with E-state index in [0.717, 1.165) is 13.1 Å². The minimum absolute atomic E-state index is 0.0912. The predicted octanol–water partition coefficient (Wildman–Crippen LogP) is 0.989. The number of carbonyl (C=O) groups is 2. The molecule has 0 aliphatic carbocycles. The minimum atomic E-state index is -0.463. The largest absolute Gasteiger partial charge is 0.444 e. The number of hydrogen-bond donors (Lipinski definition) is 1. The van der Waals surface area contributed by atoms with E-state index in [0.29, 0.717) is 12.5 Å². The third-order valence-corrected chi connectivity index (χ3v) is 2.34. The van der Waals surface area contributed by atoms with Gasteiger partial charge in [0.05, 0.1) is 0 Å². The number of carbonyl (C=O) groups excluding carboxylic acids is 2. The minimum Gasteiger partial charge on any atom is -0.444 e. The van der Waals surface area contributed by atoms with Gasteiger partial charge in [0.25, 0.3) is 0 Å². The van der Waals surface area contributed by atoms with E-state index in [1.807, 2.05) is 20.8 Å². The Kier molecular flexibility index (Phi) is 3.78. The van der Waals surface area contributed by atoms with Crippen LogP contribution in [0.5, 0.6) is 0 Å². The van der Waals surface area contributed by atoms with Crippen LogP contribution in [0.4, 0.5) is 4.79 Å². The second-order valence-corrected chi connectivity index (χ2v) is 5.17. The van der Waals surface area contributed by atoms with E-state index in [2.05, 4.69) is 5.32 Å². The van der Waals surface area contributed by atoms with Crippen LogP contribution in [0.25, 0.3) is 0 Å². The summed E-state index contributed by atoms with van der Waals surface area (Å²) >= 11 is 0. The molecule has 0 spiro atoms. The molecular formula is C11H20N2O3. The van der Waals surface area contributed by atoms with E-state index in [4.69, 9.17) is 4.74 Å². The molecule has 0 aromatic rings. The normalized spacial score (nSPS) is 16.6. The van der Waals surface area contributed by atoms with Crippen LogP contribution in [0.3, 0.4) is 0 Å². The molecule has 0 saturated carbocycles. The summed E-state index contributed by atoms with van der Waals surface area (Å²) in [5, 5.41) is 2.70. The Labute approximate surface area is 96.1 Å². The summed E-state index contributed by atoms with van der Waals surface area (Å²) in [7, 11) is 0. The molecule has 1 rings (SSSR count). The van der Waals surface area contributed by atoms with Crippen LogP contribution < -0.4 is 5.32 Å². The van der Waals surface area contributed by atoms with Crippen molar-refractivity contribution < 1.29 is 14.3 Å². The summed E-state index contributed by atoms with van der Waals surface area (Å²) in [6.07, 6.45) is -0.395. The van der Waals surface area contributed by atoms with Gasteiger partial charge in [-0.25, -0.2) is 4.79 Å². The number of alkyl carbamates (subject to hydrolysis) is 1. The molecule has 0 aromatic carbocycles. The van der Waals surface area contributed by atoms with Crippen LogP contribution >= 0.6 is 0 Å². The Bertz CT molecular complexity index is 277. The zero-order chi connectivity index (χ0) is 12.3. The molecule has 1 aliphatic rings. The highest BCUT2D eigenvalue weighted by Gasteiger charge is 2.29. The molecule has 0 aromatic heterocycles. The van der Waals surface area contributed by atoms with Gasteiger partial charge in [0.1, 0.15) is 5.60 Å². The van der Waals surface area contributed by atoms with Gasteiger partial charge in [-0.15, -0.1) is 0 Å². The lowest BCUT2D eigenvalue weighted by Gasteiger charge is -2.38. The maximum absolute atomic E-state index is 11.3. The molecule has 5 nitrogen and oxygen atoms in total. The van der Waals surface area contributed by atoms with E-state index in [-0.39, 0.29) is 5.91 Å². The third kappa shape index (κ3) is 4.08. The van der Waals surface area contributed by atoms with E-state index in [1.165, 1.54) is 0 Å². The van der Waals surface area contributed by atoms with Crippen LogP contribution in [0.15, 0.2) is 0 Å². The molecule has 16 heavy (non-hydrogen) atoms. The average molecular weight is 228 g/mol. The van der Waals surface area contributed by atoms with E-state index < -0.39 is 11.7 Å². The summed E-state index contributed by atoms with van der Waals surface area (Å²) in [6, 6.07) is 0. The lowest BCUT2D eigenvalue weighted by molar-refractivity contribution is -0.134. The third-order valence-electron chi connectivity index (χ3n) is 2.34. The topological polar surface area (TPSA) is 58.6 Å². The number of ether oxygens (including phenoxy) is 1. The van der Waals surface area contributed by atoms with Crippen molar-refractivity contribution in [3.63, 3.8) is 0 Å². The maximum Gasteiger partial charge on any atom is 0.407 e. The molecule has 1 saturated heterocycles. The molecule has 2 amide bonds. The molecule has 5 heteroatoms. The molecular weight excluding hydrogens is 208 g/mol. The fraction of sp³-hybridized carbons (Fsp3) is 0.818. The molecule has 0 unspecified atom stereocenters. The monoisotopic (exact) mass is 228 g/mol. The molecule has 1 fully saturated rings. The summed E-state index contributed by atoms with van der Waals surface area (Å²) in [6.45, 7) is 9.06. The van der Waals surface area contributed by atoms with Gasteiger partial charge >= 0.3 is 6.09 Å². The lowest BCUT2D eigenvalue weighted by atomic mass is 10.0. The first-order valence-electron chi connectivity index (χ1n) is 5.50. The zero-order valence-corrected chi connectivity index (χ0v) is 10.4.